The first-order chi connectivity index (χ1) is 10.8. The Morgan fingerprint density at radius 2 is 1.87 bits per heavy atom. The first-order valence-electron chi connectivity index (χ1n) is 7.76. The predicted molar refractivity (Wildman–Crippen MR) is 83.9 cm³/mol. The van der Waals surface area contributed by atoms with E-state index in [1.54, 1.807) is 11.3 Å². The first kappa shape index (κ1) is 16.5. The number of aryl methyl sites for hydroxylation is 2. The monoisotopic (exact) mass is 344 g/mol. The Bertz CT molecular complexity index is 690. The van der Waals surface area contributed by atoms with Crippen LogP contribution in [0, 0.1) is 25.7 Å². The Labute approximate surface area is 136 Å². The number of nitrogens with zero attached hydrogens (tertiary/aromatic N) is 2. The van der Waals surface area contributed by atoms with Crippen LogP contribution in [0.1, 0.15) is 37.1 Å². The quantitative estimate of drug-likeness (QED) is 0.781. The third-order valence-electron chi connectivity index (χ3n) is 4.46. The van der Waals surface area contributed by atoms with E-state index >= 15 is 0 Å². The van der Waals surface area contributed by atoms with Crippen LogP contribution in [0.3, 0.4) is 0 Å². The molecule has 23 heavy (non-hydrogen) atoms. The summed E-state index contributed by atoms with van der Waals surface area (Å²) in [5.74, 6) is 0.225. The van der Waals surface area contributed by atoms with E-state index in [2.05, 4.69) is 9.97 Å². The number of aromatic nitrogens is 2. The number of hydrogen-bond donors (Lipinski definition) is 0. The van der Waals surface area contributed by atoms with Crippen molar-refractivity contribution in [1.29, 1.82) is 0 Å². The Hall–Kier alpha value is -1.37. The summed E-state index contributed by atoms with van der Waals surface area (Å²) in [6.45, 7) is 4.22. The summed E-state index contributed by atoms with van der Waals surface area (Å²) in [6.07, 6.45) is -2.55. The highest BCUT2D eigenvalue weighted by Crippen LogP contribution is 2.40. The van der Waals surface area contributed by atoms with E-state index in [4.69, 9.17) is 4.74 Å². The number of rotatable bonds is 3. The topological polar surface area (TPSA) is 35.0 Å². The molecule has 1 fully saturated rings. The third-order valence-corrected chi connectivity index (χ3v) is 5.45. The average molecular weight is 344 g/mol. The maximum Gasteiger partial charge on any atom is 0.391 e. The van der Waals surface area contributed by atoms with Gasteiger partial charge in [0.2, 0.25) is 5.88 Å². The zero-order valence-corrected chi connectivity index (χ0v) is 13.9. The Kier molecular flexibility index (Phi) is 4.49. The predicted octanol–water partition coefficient (Wildman–Crippen LogP) is 5.06. The van der Waals surface area contributed by atoms with E-state index in [1.165, 1.54) is 0 Å². The van der Waals surface area contributed by atoms with Crippen LogP contribution in [0.2, 0.25) is 0 Å². The number of fused-ring (bicyclic) bond motifs is 1. The summed E-state index contributed by atoms with van der Waals surface area (Å²) in [4.78, 5) is 9.65. The van der Waals surface area contributed by atoms with Crippen molar-refractivity contribution in [1.82, 2.24) is 9.97 Å². The second kappa shape index (κ2) is 6.26. The van der Waals surface area contributed by atoms with Crippen LogP contribution in [0.4, 0.5) is 13.2 Å². The molecule has 0 saturated heterocycles. The van der Waals surface area contributed by atoms with Gasteiger partial charge in [0, 0.05) is 0 Å². The second-order valence-electron chi connectivity index (χ2n) is 6.25. The van der Waals surface area contributed by atoms with Gasteiger partial charge >= 0.3 is 6.18 Å². The van der Waals surface area contributed by atoms with Gasteiger partial charge in [-0.05, 0) is 56.4 Å². The Balaban J connectivity index is 1.65. The molecule has 0 atom stereocenters. The van der Waals surface area contributed by atoms with E-state index in [1.807, 2.05) is 19.2 Å². The summed E-state index contributed by atoms with van der Waals surface area (Å²) in [5, 5.41) is 2.93. The molecule has 0 bridgehead atoms. The SMILES string of the molecule is Cc1nc(OCC2CCC(C(F)(F)F)CC2)c2c(C)csc2n1. The fraction of sp³-hybridized carbons (Fsp3) is 0.625. The van der Waals surface area contributed by atoms with Crippen molar-refractivity contribution in [3.05, 3.63) is 16.8 Å². The minimum absolute atomic E-state index is 0.165. The molecule has 0 radical (unpaired) electrons. The van der Waals surface area contributed by atoms with Crippen molar-refractivity contribution < 1.29 is 17.9 Å². The van der Waals surface area contributed by atoms with Gasteiger partial charge in [0.05, 0.1) is 17.9 Å². The van der Waals surface area contributed by atoms with Crippen molar-refractivity contribution >= 4 is 21.6 Å². The average Bonchev–Trinajstić information content (AvgIpc) is 2.85. The van der Waals surface area contributed by atoms with Gasteiger partial charge in [-0.3, -0.25) is 0 Å². The molecule has 7 heteroatoms. The molecule has 1 aliphatic rings. The summed E-state index contributed by atoms with van der Waals surface area (Å²) in [6, 6.07) is 0. The van der Waals surface area contributed by atoms with Gasteiger partial charge in [0.15, 0.2) is 0 Å². The van der Waals surface area contributed by atoms with E-state index in [0.29, 0.717) is 31.2 Å². The van der Waals surface area contributed by atoms with E-state index in [9.17, 15) is 13.2 Å². The zero-order chi connectivity index (χ0) is 16.6. The van der Waals surface area contributed by atoms with E-state index < -0.39 is 12.1 Å². The van der Waals surface area contributed by atoms with Crippen molar-refractivity contribution in [2.45, 2.75) is 45.7 Å². The van der Waals surface area contributed by atoms with Crippen LogP contribution in [0.15, 0.2) is 5.38 Å². The third kappa shape index (κ3) is 3.59. The molecule has 0 aliphatic heterocycles. The van der Waals surface area contributed by atoms with Gasteiger partial charge in [0.25, 0.3) is 0 Å². The molecule has 3 nitrogen and oxygen atoms in total. The number of hydrogen-bond acceptors (Lipinski definition) is 4. The Morgan fingerprint density at radius 1 is 1.17 bits per heavy atom. The molecule has 0 unspecified atom stereocenters. The molecule has 0 spiro atoms. The Morgan fingerprint density at radius 3 is 2.52 bits per heavy atom. The maximum atomic E-state index is 12.7. The van der Waals surface area contributed by atoms with Gasteiger partial charge in [-0.2, -0.15) is 18.2 Å². The number of ether oxygens (including phenoxy) is 1. The molecule has 2 aromatic heterocycles. The van der Waals surface area contributed by atoms with Crippen molar-refractivity contribution in [2.24, 2.45) is 11.8 Å². The largest absolute Gasteiger partial charge is 0.477 e. The number of thiophene rings is 1. The lowest BCUT2D eigenvalue weighted by Crippen LogP contribution is -2.29. The molecule has 1 saturated carbocycles. The molecule has 0 amide bonds. The fourth-order valence-corrected chi connectivity index (χ4v) is 4.06. The molecular weight excluding hydrogens is 325 g/mol. The minimum atomic E-state index is -4.06. The highest BCUT2D eigenvalue weighted by atomic mass is 32.1. The van der Waals surface area contributed by atoms with Crippen LogP contribution < -0.4 is 4.74 Å². The van der Waals surface area contributed by atoms with Gasteiger partial charge < -0.3 is 4.74 Å². The van der Waals surface area contributed by atoms with Crippen molar-refractivity contribution in [2.75, 3.05) is 6.61 Å². The first-order valence-corrected chi connectivity index (χ1v) is 8.64. The minimum Gasteiger partial charge on any atom is -0.477 e. The van der Waals surface area contributed by atoms with Crippen LogP contribution in [0.25, 0.3) is 10.2 Å². The molecular formula is C16H19F3N2OS. The second-order valence-corrected chi connectivity index (χ2v) is 7.10. The molecule has 126 valence electrons. The van der Waals surface area contributed by atoms with Crippen LogP contribution >= 0.6 is 11.3 Å². The van der Waals surface area contributed by atoms with Crippen LogP contribution in [-0.4, -0.2) is 22.8 Å². The van der Waals surface area contributed by atoms with Crippen molar-refractivity contribution in [3.8, 4) is 5.88 Å². The molecule has 3 rings (SSSR count). The van der Waals surface area contributed by atoms with E-state index in [-0.39, 0.29) is 18.8 Å². The number of alkyl halides is 3. The van der Waals surface area contributed by atoms with Gasteiger partial charge in [-0.15, -0.1) is 11.3 Å². The molecule has 2 heterocycles. The van der Waals surface area contributed by atoms with Crippen molar-refractivity contribution in [3.63, 3.8) is 0 Å². The lowest BCUT2D eigenvalue weighted by atomic mass is 9.82. The lowest BCUT2D eigenvalue weighted by molar-refractivity contribution is -0.184. The summed E-state index contributed by atoms with van der Waals surface area (Å²) in [5.41, 5.74) is 1.07. The highest BCUT2D eigenvalue weighted by Gasteiger charge is 2.41. The van der Waals surface area contributed by atoms with Gasteiger partial charge in [0.1, 0.15) is 10.7 Å². The van der Waals surface area contributed by atoms with Gasteiger partial charge in [-0.25, -0.2) is 4.98 Å². The van der Waals surface area contributed by atoms with Crippen LogP contribution in [0.5, 0.6) is 5.88 Å². The summed E-state index contributed by atoms with van der Waals surface area (Å²) < 4.78 is 44.0. The van der Waals surface area contributed by atoms with Crippen LogP contribution in [-0.2, 0) is 0 Å². The summed E-state index contributed by atoms with van der Waals surface area (Å²) >= 11 is 1.55. The maximum absolute atomic E-state index is 12.7. The molecule has 0 N–H and O–H groups in total. The number of halogens is 3. The van der Waals surface area contributed by atoms with Gasteiger partial charge in [-0.1, -0.05) is 0 Å². The molecule has 0 aromatic carbocycles. The zero-order valence-electron chi connectivity index (χ0n) is 13.1. The molecule has 2 aromatic rings. The highest BCUT2D eigenvalue weighted by molar-refractivity contribution is 7.17. The standard InChI is InChI=1S/C16H19F3N2OS/c1-9-8-23-15-13(9)14(20-10(2)21-15)22-7-11-3-5-12(6-4-11)16(17,18)19/h8,11-12H,3-7H2,1-2H3. The lowest BCUT2D eigenvalue weighted by Gasteiger charge is -2.29. The molecule has 1 aliphatic carbocycles. The normalized spacial score (nSPS) is 22.5. The smallest absolute Gasteiger partial charge is 0.391 e. The van der Waals surface area contributed by atoms with E-state index in [0.717, 1.165) is 15.8 Å². The fourth-order valence-electron chi connectivity index (χ4n) is 3.11. The summed E-state index contributed by atoms with van der Waals surface area (Å²) in [7, 11) is 0.